The van der Waals surface area contributed by atoms with Crippen LogP contribution in [-0.4, -0.2) is 14.8 Å². The van der Waals surface area contributed by atoms with E-state index in [2.05, 4.69) is 5.10 Å². The molecular weight excluding hydrogens is 202 g/mol. The van der Waals surface area contributed by atoms with Crippen molar-refractivity contribution in [3.05, 3.63) is 22.5 Å². The van der Waals surface area contributed by atoms with Crippen LogP contribution in [0.15, 0.2) is 12.1 Å². The monoisotopic (exact) mass is 213 g/mol. The van der Waals surface area contributed by atoms with Crippen LogP contribution < -0.4 is 5.73 Å². The molecule has 2 N–H and O–H groups in total. The Balaban J connectivity index is 2.82. The van der Waals surface area contributed by atoms with Crippen LogP contribution >= 0.6 is 24.4 Å². The van der Waals surface area contributed by atoms with Gasteiger partial charge in [-0.05, 0) is 19.1 Å². The van der Waals surface area contributed by atoms with Gasteiger partial charge in [-0.1, -0.05) is 24.4 Å². The molecule has 13 heavy (non-hydrogen) atoms. The summed E-state index contributed by atoms with van der Waals surface area (Å²) in [6.07, 6.45) is 0.639. The zero-order chi connectivity index (χ0) is 9.84. The van der Waals surface area contributed by atoms with Gasteiger partial charge >= 0.3 is 0 Å². The fourth-order valence-electron chi connectivity index (χ4n) is 0.927. The third-order valence-corrected chi connectivity index (χ3v) is 2.12. The summed E-state index contributed by atoms with van der Waals surface area (Å²) in [6.45, 7) is 2.59. The largest absolute Gasteiger partial charge is 0.393 e. The molecule has 5 heteroatoms. The Labute approximate surface area is 87.6 Å². The molecule has 1 aromatic rings. The topological polar surface area (TPSA) is 43.8 Å². The zero-order valence-electron chi connectivity index (χ0n) is 7.36. The molecule has 1 aromatic heterocycles. The van der Waals surface area contributed by atoms with Gasteiger partial charge in [-0.3, -0.25) is 4.68 Å². The molecule has 0 aliphatic carbocycles. The van der Waals surface area contributed by atoms with Crippen LogP contribution in [0.4, 0.5) is 0 Å². The summed E-state index contributed by atoms with van der Waals surface area (Å²) in [4.78, 5) is 0.491. The predicted molar refractivity (Wildman–Crippen MR) is 59.2 cm³/mol. The minimum atomic E-state index is 0.491. The first-order valence-electron chi connectivity index (χ1n) is 3.92. The number of aromatic nitrogens is 2. The first-order chi connectivity index (χ1) is 6.09. The van der Waals surface area contributed by atoms with E-state index in [-0.39, 0.29) is 0 Å². The number of nitrogens with zero attached hydrogens (tertiary/aromatic N) is 2. The number of thiocarbonyl (C=S) groups is 1. The standard InChI is InChI=1S/C8H11N3S2/c1-6-2-3-8(13)11(10-6)5-4-7(9)12/h2-3H,4-5H2,1H3,(H2,9,12). The second-order valence-corrected chi connectivity index (χ2v) is 3.70. The van der Waals surface area contributed by atoms with Crippen molar-refractivity contribution < 1.29 is 0 Å². The van der Waals surface area contributed by atoms with Gasteiger partial charge < -0.3 is 5.73 Å². The molecule has 0 spiro atoms. The molecule has 0 saturated carbocycles. The Morgan fingerprint density at radius 2 is 2.31 bits per heavy atom. The van der Waals surface area contributed by atoms with E-state index >= 15 is 0 Å². The van der Waals surface area contributed by atoms with E-state index in [1.165, 1.54) is 0 Å². The highest BCUT2D eigenvalue weighted by atomic mass is 32.1. The Bertz CT molecular complexity index is 370. The Morgan fingerprint density at radius 1 is 1.62 bits per heavy atom. The highest BCUT2D eigenvalue weighted by Gasteiger charge is 1.95. The molecule has 1 heterocycles. The molecule has 0 saturated heterocycles. The summed E-state index contributed by atoms with van der Waals surface area (Å²) in [5.41, 5.74) is 6.33. The van der Waals surface area contributed by atoms with E-state index in [1.54, 1.807) is 4.68 Å². The molecule has 0 aromatic carbocycles. The summed E-state index contributed by atoms with van der Waals surface area (Å²) in [5, 5.41) is 4.24. The van der Waals surface area contributed by atoms with E-state index in [1.807, 2.05) is 19.1 Å². The van der Waals surface area contributed by atoms with E-state index in [4.69, 9.17) is 30.2 Å². The Kier molecular flexibility index (Phi) is 3.50. The van der Waals surface area contributed by atoms with E-state index in [0.717, 1.165) is 5.69 Å². The van der Waals surface area contributed by atoms with Gasteiger partial charge in [0.2, 0.25) is 0 Å². The van der Waals surface area contributed by atoms with E-state index in [0.29, 0.717) is 22.6 Å². The zero-order valence-corrected chi connectivity index (χ0v) is 8.99. The van der Waals surface area contributed by atoms with Gasteiger partial charge in [-0.15, -0.1) is 0 Å². The lowest BCUT2D eigenvalue weighted by molar-refractivity contribution is 0.600. The van der Waals surface area contributed by atoms with Crippen molar-refractivity contribution >= 4 is 29.4 Å². The maximum Gasteiger partial charge on any atom is 0.122 e. The lowest BCUT2D eigenvalue weighted by Crippen LogP contribution is -2.14. The fourth-order valence-corrected chi connectivity index (χ4v) is 1.22. The summed E-state index contributed by atoms with van der Waals surface area (Å²) < 4.78 is 2.45. The molecule has 0 unspecified atom stereocenters. The van der Waals surface area contributed by atoms with Crippen molar-refractivity contribution in [3.8, 4) is 0 Å². The highest BCUT2D eigenvalue weighted by Crippen LogP contribution is 1.96. The molecule has 0 amide bonds. The van der Waals surface area contributed by atoms with Crippen LogP contribution in [0, 0.1) is 11.6 Å². The lowest BCUT2D eigenvalue weighted by Gasteiger charge is -2.04. The van der Waals surface area contributed by atoms with Crippen molar-refractivity contribution in [1.82, 2.24) is 9.78 Å². The van der Waals surface area contributed by atoms with E-state index < -0.39 is 0 Å². The predicted octanol–water partition coefficient (Wildman–Crippen LogP) is 1.60. The summed E-state index contributed by atoms with van der Waals surface area (Å²) in [7, 11) is 0. The number of hydrogen-bond donors (Lipinski definition) is 1. The van der Waals surface area contributed by atoms with Crippen molar-refractivity contribution in [2.75, 3.05) is 0 Å². The van der Waals surface area contributed by atoms with Gasteiger partial charge in [0.05, 0.1) is 10.7 Å². The number of rotatable bonds is 3. The van der Waals surface area contributed by atoms with Crippen LogP contribution in [0.3, 0.4) is 0 Å². The molecular formula is C8H11N3S2. The normalized spacial score (nSPS) is 9.92. The van der Waals surface area contributed by atoms with Crippen LogP contribution in [-0.2, 0) is 6.54 Å². The van der Waals surface area contributed by atoms with Gasteiger partial charge in [0.15, 0.2) is 0 Å². The molecule has 0 atom stereocenters. The summed E-state index contributed by atoms with van der Waals surface area (Å²) in [6, 6.07) is 3.75. The van der Waals surface area contributed by atoms with Crippen molar-refractivity contribution in [1.29, 1.82) is 0 Å². The number of aryl methyl sites for hydroxylation is 2. The van der Waals surface area contributed by atoms with Crippen LogP contribution in [0.1, 0.15) is 12.1 Å². The minimum absolute atomic E-state index is 0.491. The van der Waals surface area contributed by atoms with Crippen molar-refractivity contribution in [2.24, 2.45) is 5.73 Å². The SMILES string of the molecule is Cc1ccc(=S)n(CCC(N)=S)n1. The quantitative estimate of drug-likeness (QED) is 0.775. The molecule has 0 radical (unpaired) electrons. The Morgan fingerprint density at radius 3 is 2.92 bits per heavy atom. The van der Waals surface area contributed by atoms with Gasteiger partial charge in [0.25, 0.3) is 0 Å². The first kappa shape index (κ1) is 10.3. The van der Waals surface area contributed by atoms with Gasteiger partial charge in [-0.25, -0.2) is 0 Å². The van der Waals surface area contributed by atoms with Crippen LogP contribution in [0.5, 0.6) is 0 Å². The summed E-state index contributed by atoms with van der Waals surface area (Å²) >= 11 is 9.85. The smallest absolute Gasteiger partial charge is 0.122 e. The molecule has 70 valence electrons. The summed E-state index contributed by atoms with van der Waals surface area (Å²) in [5.74, 6) is 0. The average molecular weight is 213 g/mol. The first-order valence-corrected chi connectivity index (χ1v) is 4.74. The maximum absolute atomic E-state index is 5.38. The van der Waals surface area contributed by atoms with E-state index in [9.17, 15) is 0 Å². The molecule has 3 nitrogen and oxygen atoms in total. The fraction of sp³-hybridized carbons (Fsp3) is 0.375. The molecule has 0 aliphatic rings. The van der Waals surface area contributed by atoms with Gasteiger partial charge in [0.1, 0.15) is 4.64 Å². The highest BCUT2D eigenvalue weighted by molar-refractivity contribution is 7.80. The van der Waals surface area contributed by atoms with Crippen LogP contribution in [0.2, 0.25) is 0 Å². The van der Waals surface area contributed by atoms with Crippen LogP contribution in [0.25, 0.3) is 0 Å². The maximum atomic E-state index is 5.38. The van der Waals surface area contributed by atoms with Gasteiger partial charge in [-0.2, -0.15) is 5.10 Å². The molecule has 0 fully saturated rings. The third-order valence-electron chi connectivity index (χ3n) is 1.57. The average Bonchev–Trinajstić information content (AvgIpc) is 2.06. The third kappa shape index (κ3) is 3.20. The van der Waals surface area contributed by atoms with Gasteiger partial charge in [0, 0.05) is 13.0 Å². The number of hydrogen-bond acceptors (Lipinski definition) is 3. The molecule has 0 bridgehead atoms. The van der Waals surface area contributed by atoms with Crippen molar-refractivity contribution in [2.45, 2.75) is 19.9 Å². The second kappa shape index (κ2) is 4.43. The molecule has 0 aliphatic heterocycles. The minimum Gasteiger partial charge on any atom is -0.393 e. The second-order valence-electron chi connectivity index (χ2n) is 2.75. The Hall–Kier alpha value is -0.810. The molecule has 1 rings (SSSR count). The number of nitrogens with two attached hydrogens (primary N) is 1. The lowest BCUT2D eigenvalue weighted by atomic mass is 10.4. The van der Waals surface area contributed by atoms with Crippen molar-refractivity contribution in [3.63, 3.8) is 0 Å².